The lowest BCUT2D eigenvalue weighted by atomic mass is 9.97. The maximum atomic E-state index is 13.6. The zero-order valence-electron chi connectivity index (χ0n) is 17.9. The van der Waals surface area contributed by atoms with Crippen LogP contribution in [0.15, 0.2) is 80.4 Å². The van der Waals surface area contributed by atoms with E-state index >= 15 is 0 Å². The van der Waals surface area contributed by atoms with Crippen molar-refractivity contribution in [2.45, 2.75) is 32.9 Å². The average molecular weight is 488 g/mol. The summed E-state index contributed by atoms with van der Waals surface area (Å²) >= 11 is 3.44. The van der Waals surface area contributed by atoms with Crippen LogP contribution in [-0.4, -0.2) is 10.8 Å². The van der Waals surface area contributed by atoms with Gasteiger partial charge < -0.3 is 9.32 Å². The monoisotopic (exact) mass is 487 g/mol. The van der Waals surface area contributed by atoms with Gasteiger partial charge in [-0.15, -0.1) is 0 Å². The van der Waals surface area contributed by atoms with Crippen LogP contribution in [0.1, 0.15) is 51.3 Å². The fraction of sp³-hybridized carbons (Fsp3) is 0.185. The highest BCUT2D eigenvalue weighted by atomic mass is 79.9. The minimum Gasteiger partial charge on any atom is -0.450 e. The fourth-order valence-electron chi connectivity index (χ4n) is 4.33. The van der Waals surface area contributed by atoms with Gasteiger partial charge >= 0.3 is 0 Å². The summed E-state index contributed by atoms with van der Waals surface area (Å²) in [6.45, 7) is 4.53. The SMILES string of the molecule is CCc1ccc(C2c3c(oc4ccc(Br)cc4c3=O)C(=O)N2Cc2ccc(C)cc2)cc1. The first-order valence-electron chi connectivity index (χ1n) is 10.7. The molecule has 0 radical (unpaired) electrons. The van der Waals surface area contributed by atoms with E-state index in [2.05, 4.69) is 35.0 Å². The Balaban J connectivity index is 1.70. The number of carbonyl (C=O) groups is 1. The van der Waals surface area contributed by atoms with Crippen LogP contribution >= 0.6 is 15.9 Å². The molecule has 4 aromatic rings. The summed E-state index contributed by atoms with van der Waals surface area (Å²) in [5, 5.41) is 0.471. The quantitative estimate of drug-likeness (QED) is 0.345. The maximum Gasteiger partial charge on any atom is 0.291 e. The molecule has 32 heavy (non-hydrogen) atoms. The van der Waals surface area contributed by atoms with Gasteiger partial charge in [0, 0.05) is 11.0 Å². The molecule has 0 N–H and O–H groups in total. The van der Waals surface area contributed by atoms with Gasteiger partial charge in [0.2, 0.25) is 5.76 Å². The predicted octanol–water partition coefficient (Wildman–Crippen LogP) is 6.17. The molecule has 1 aliphatic rings. The van der Waals surface area contributed by atoms with E-state index in [-0.39, 0.29) is 17.1 Å². The largest absolute Gasteiger partial charge is 0.450 e. The molecular weight excluding hydrogens is 466 g/mol. The van der Waals surface area contributed by atoms with Crippen LogP contribution in [0, 0.1) is 6.92 Å². The van der Waals surface area contributed by atoms with E-state index in [9.17, 15) is 9.59 Å². The Morgan fingerprint density at radius 3 is 2.31 bits per heavy atom. The molecule has 1 atom stereocenters. The van der Waals surface area contributed by atoms with Crippen molar-refractivity contribution in [2.24, 2.45) is 0 Å². The van der Waals surface area contributed by atoms with E-state index in [4.69, 9.17) is 4.42 Å². The predicted molar refractivity (Wildman–Crippen MR) is 129 cm³/mol. The zero-order valence-corrected chi connectivity index (χ0v) is 19.5. The number of hydrogen-bond acceptors (Lipinski definition) is 3. The summed E-state index contributed by atoms with van der Waals surface area (Å²) in [5.74, 6) is -0.117. The van der Waals surface area contributed by atoms with Crippen molar-refractivity contribution >= 4 is 32.8 Å². The molecule has 0 aliphatic carbocycles. The molecule has 5 rings (SSSR count). The zero-order chi connectivity index (χ0) is 22.4. The second-order valence-electron chi connectivity index (χ2n) is 8.23. The Labute approximate surface area is 194 Å². The molecule has 1 aromatic heterocycles. The van der Waals surface area contributed by atoms with E-state index in [0.29, 0.717) is 23.1 Å². The number of aryl methyl sites for hydroxylation is 2. The topological polar surface area (TPSA) is 50.5 Å². The smallest absolute Gasteiger partial charge is 0.291 e. The van der Waals surface area contributed by atoms with Crippen molar-refractivity contribution in [1.29, 1.82) is 0 Å². The normalized spacial score (nSPS) is 15.4. The lowest BCUT2D eigenvalue weighted by Gasteiger charge is -2.25. The van der Waals surface area contributed by atoms with Gasteiger partial charge in [0.05, 0.1) is 17.0 Å². The molecular formula is C27H22BrNO3. The van der Waals surface area contributed by atoms with Gasteiger partial charge in [-0.3, -0.25) is 9.59 Å². The average Bonchev–Trinajstić information content (AvgIpc) is 3.08. The van der Waals surface area contributed by atoms with Crippen molar-refractivity contribution in [1.82, 2.24) is 4.90 Å². The lowest BCUT2D eigenvalue weighted by molar-refractivity contribution is 0.0714. The number of rotatable bonds is 4. The molecule has 5 heteroatoms. The highest BCUT2D eigenvalue weighted by Crippen LogP contribution is 2.39. The minimum atomic E-state index is -0.496. The number of fused-ring (bicyclic) bond motifs is 2. The molecule has 0 spiro atoms. The Morgan fingerprint density at radius 2 is 1.62 bits per heavy atom. The van der Waals surface area contributed by atoms with Gasteiger partial charge in [-0.2, -0.15) is 0 Å². The van der Waals surface area contributed by atoms with Crippen LogP contribution in [0.5, 0.6) is 0 Å². The van der Waals surface area contributed by atoms with Crippen LogP contribution in [0.4, 0.5) is 0 Å². The van der Waals surface area contributed by atoms with Crippen LogP contribution < -0.4 is 5.43 Å². The van der Waals surface area contributed by atoms with Gasteiger partial charge in [0.1, 0.15) is 5.58 Å². The second-order valence-corrected chi connectivity index (χ2v) is 9.15. The summed E-state index contributed by atoms with van der Waals surface area (Å²) in [6, 6.07) is 21.0. The number of nitrogens with zero attached hydrogens (tertiary/aromatic N) is 1. The van der Waals surface area contributed by atoms with Gasteiger partial charge in [0.15, 0.2) is 5.43 Å². The van der Waals surface area contributed by atoms with Crippen LogP contribution in [0.3, 0.4) is 0 Å². The van der Waals surface area contributed by atoms with E-state index in [1.54, 1.807) is 17.0 Å². The molecule has 2 heterocycles. The maximum absolute atomic E-state index is 13.6. The van der Waals surface area contributed by atoms with Crippen molar-refractivity contribution in [3.63, 3.8) is 0 Å². The first kappa shape index (κ1) is 20.7. The van der Waals surface area contributed by atoms with E-state index in [1.165, 1.54) is 5.56 Å². The molecule has 160 valence electrons. The van der Waals surface area contributed by atoms with E-state index in [1.807, 2.05) is 49.4 Å². The fourth-order valence-corrected chi connectivity index (χ4v) is 4.69. The lowest BCUT2D eigenvalue weighted by Crippen LogP contribution is -2.29. The second kappa shape index (κ2) is 8.06. The van der Waals surface area contributed by atoms with Crippen molar-refractivity contribution in [3.05, 3.63) is 115 Å². The molecule has 1 amide bonds. The Kier molecular flexibility index (Phi) is 5.22. The first-order valence-corrected chi connectivity index (χ1v) is 11.5. The van der Waals surface area contributed by atoms with Gasteiger partial charge in [-0.1, -0.05) is 76.9 Å². The third-order valence-electron chi connectivity index (χ3n) is 6.10. The van der Waals surface area contributed by atoms with Crippen LogP contribution in [-0.2, 0) is 13.0 Å². The highest BCUT2D eigenvalue weighted by Gasteiger charge is 2.42. The third-order valence-corrected chi connectivity index (χ3v) is 6.60. The first-order chi connectivity index (χ1) is 15.5. The molecule has 0 bridgehead atoms. The van der Waals surface area contributed by atoms with E-state index < -0.39 is 6.04 Å². The number of amides is 1. The minimum absolute atomic E-state index is 0.140. The van der Waals surface area contributed by atoms with Crippen LogP contribution in [0.25, 0.3) is 11.0 Å². The molecule has 4 nitrogen and oxygen atoms in total. The van der Waals surface area contributed by atoms with E-state index in [0.717, 1.165) is 27.6 Å². The van der Waals surface area contributed by atoms with Gasteiger partial charge in [-0.25, -0.2) is 0 Å². The number of halogens is 1. The number of carbonyl (C=O) groups excluding carboxylic acids is 1. The Hall–Kier alpha value is -3.18. The molecule has 1 aliphatic heterocycles. The third kappa shape index (κ3) is 3.47. The van der Waals surface area contributed by atoms with Crippen molar-refractivity contribution in [2.75, 3.05) is 0 Å². The standard InChI is InChI=1S/C27H22BrNO3/c1-3-17-8-10-19(11-9-17)24-23-25(30)21-14-20(28)12-13-22(21)32-26(23)27(31)29(24)15-18-6-4-16(2)5-7-18/h4-14,24H,3,15H2,1-2H3. The van der Waals surface area contributed by atoms with Crippen molar-refractivity contribution < 1.29 is 9.21 Å². The number of hydrogen-bond donors (Lipinski definition) is 0. The summed E-state index contributed by atoms with van der Waals surface area (Å²) in [6.07, 6.45) is 0.925. The summed E-state index contributed by atoms with van der Waals surface area (Å²) in [5.41, 5.74) is 4.95. The van der Waals surface area contributed by atoms with Crippen LogP contribution in [0.2, 0.25) is 0 Å². The Bertz CT molecular complexity index is 1390. The molecule has 0 saturated heterocycles. The van der Waals surface area contributed by atoms with Gasteiger partial charge in [-0.05, 0) is 48.2 Å². The molecule has 1 unspecified atom stereocenters. The highest BCUT2D eigenvalue weighted by molar-refractivity contribution is 9.10. The summed E-state index contributed by atoms with van der Waals surface area (Å²) in [7, 11) is 0. The summed E-state index contributed by atoms with van der Waals surface area (Å²) in [4.78, 5) is 28.9. The molecule has 3 aromatic carbocycles. The molecule has 0 fully saturated rings. The molecule has 0 saturated carbocycles. The van der Waals surface area contributed by atoms with Gasteiger partial charge in [0.25, 0.3) is 5.91 Å². The Morgan fingerprint density at radius 1 is 0.938 bits per heavy atom. The summed E-state index contributed by atoms with van der Waals surface area (Å²) < 4.78 is 6.82. The van der Waals surface area contributed by atoms with Crippen molar-refractivity contribution in [3.8, 4) is 0 Å². The number of benzene rings is 3.